The van der Waals surface area contributed by atoms with Crippen molar-refractivity contribution in [3.63, 3.8) is 0 Å². The molecule has 3 rings (SSSR count). The van der Waals surface area contributed by atoms with Gasteiger partial charge < -0.3 is 14.6 Å². The van der Waals surface area contributed by atoms with Gasteiger partial charge in [-0.25, -0.2) is 0 Å². The molecule has 0 bridgehead atoms. The van der Waals surface area contributed by atoms with Crippen molar-refractivity contribution in [3.8, 4) is 5.75 Å². The SMILES string of the molecule is COc1ccc(Cl)cc1CN1CCN(CC(=O)Nc2cc(C)on2)CC1. The van der Waals surface area contributed by atoms with E-state index in [9.17, 15) is 4.79 Å². The van der Waals surface area contributed by atoms with Crippen molar-refractivity contribution >= 4 is 23.3 Å². The summed E-state index contributed by atoms with van der Waals surface area (Å²) in [6.07, 6.45) is 0. The number of ether oxygens (including phenoxy) is 1. The molecule has 1 N–H and O–H groups in total. The monoisotopic (exact) mass is 378 g/mol. The minimum absolute atomic E-state index is 0.0803. The molecule has 2 aromatic rings. The third-order valence-corrected chi connectivity index (χ3v) is 4.60. The summed E-state index contributed by atoms with van der Waals surface area (Å²) >= 11 is 6.10. The van der Waals surface area contributed by atoms with Crippen LogP contribution in [0.4, 0.5) is 5.82 Å². The number of piperazine rings is 1. The van der Waals surface area contributed by atoms with Gasteiger partial charge in [0.15, 0.2) is 5.82 Å². The summed E-state index contributed by atoms with van der Waals surface area (Å²) in [5, 5.41) is 7.23. The van der Waals surface area contributed by atoms with Gasteiger partial charge in [-0.1, -0.05) is 16.8 Å². The standard InChI is InChI=1S/C18H23ClN4O3/c1-13-9-17(21-26-13)20-18(24)12-23-7-5-22(6-8-23)11-14-10-15(19)3-4-16(14)25-2/h3-4,9-10H,5-8,11-12H2,1-2H3,(H,20,21,24). The predicted octanol–water partition coefficient (Wildman–Crippen LogP) is 2.40. The van der Waals surface area contributed by atoms with E-state index in [2.05, 4.69) is 20.3 Å². The molecule has 1 saturated heterocycles. The van der Waals surface area contributed by atoms with Crippen LogP contribution in [0, 0.1) is 6.92 Å². The fraction of sp³-hybridized carbons (Fsp3) is 0.444. The number of benzene rings is 1. The van der Waals surface area contributed by atoms with E-state index in [4.69, 9.17) is 20.9 Å². The van der Waals surface area contributed by atoms with E-state index in [1.54, 1.807) is 20.1 Å². The van der Waals surface area contributed by atoms with Gasteiger partial charge in [-0.3, -0.25) is 14.6 Å². The van der Waals surface area contributed by atoms with Crippen molar-refractivity contribution in [2.24, 2.45) is 0 Å². The molecular weight excluding hydrogens is 356 g/mol. The summed E-state index contributed by atoms with van der Waals surface area (Å²) in [6.45, 7) is 6.33. The minimum atomic E-state index is -0.0803. The Labute approximate surface area is 157 Å². The van der Waals surface area contributed by atoms with Gasteiger partial charge in [0.2, 0.25) is 5.91 Å². The lowest BCUT2D eigenvalue weighted by atomic mass is 10.1. The number of carbonyl (C=O) groups excluding carboxylic acids is 1. The molecule has 8 heteroatoms. The van der Waals surface area contributed by atoms with E-state index in [0.717, 1.165) is 44.0 Å². The zero-order valence-corrected chi connectivity index (χ0v) is 15.8. The van der Waals surface area contributed by atoms with Gasteiger partial charge in [0.05, 0.1) is 13.7 Å². The number of amides is 1. The van der Waals surface area contributed by atoms with Gasteiger partial charge >= 0.3 is 0 Å². The topological polar surface area (TPSA) is 70.8 Å². The average molecular weight is 379 g/mol. The van der Waals surface area contributed by atoms with Crippen molar-refractivity contribution < 1.29 is 14.1 Å². The molecule has 0 unspecified atom stereocenters. The molecule has 7 nitrogen and oxygen atoms in total. The number of hydrogen-bond donors (Lipinski definition) is 1. The molecule has 1 aliphatic heterocycles. The van der Waals surface area contributed by atoms with Crippen LogP contribution >= 0.6 is 11.6 Å². The molecule has 0 spiro atoms. The Balaban J connectivity index is 1.47. The lowest BCUT2D eigenvalue weighted by Crippen LogP contribution is -2.48. The maximum atomic E-state index is 12.1. The number of aromatic nitrogens is 1. The Morgan fingerprint density at radius 2 is 2.00 bits per heavy atom. The van der Waals surface area contributed by atoms with Crippen LogP contribution in [-0.2, 0) is 11.3 Å². The van der Waals surface area contributed by atoms with E-state index in [-0.39, 0.29) is 5.91 Å². The zero-order valence-electron chi connectivity index (χ0n) is 15.0. The predicted molar refractivity (Wildman–Crippen MR) is 99.6 cm³/mol. The molecule has 1 aromatic heterocycles. The summed E-state index contributed by atoms with van der Waals surface area (Å²) < 4.78 is 10.4. The summed E-state index contributed by atoms with van der Waals surface area (Å²) in [6, 6.07) is 7.37. The number of nitrogens with one attached hydrogen (secondary N) is 1. The molecule has 1 amide bonds. The van der Waals surface area contributed by atoms with Crippen LogP contribution in [0.3, 0.4) is 0 Å². The minimum Gasteiger partial charge on any atom is -0.496 e. The van der Waals surface area contributed by atoms with E-state index in [1.165, 1.54) is 0 Å². The lowest BCUT2D eigenvalue weighted by molar-refractivity contribution is -0.117. The number of anilines is 1. The van der Waals surface area contributed by atoms with Crippen LogP contribution in [0.15, 0.2) is 28.8 Å². The molecule has 0 aliphatic carbocycles. The van der Waals surface area contributed by atoms with E-state index in [1.807, 2.05) is 18.2 Å². The summed E-state index contributed by atoms with van der Waals surface area (Å²) in [7, 11) is 1.67. The number of aryl methyl sites for hydroxylation is 1. The van der Waals surface area contributed by atoms with Crippen molar-refractivity contribution in [1.82, 2.24) is 15.0 Å². The molecular formula is C18H23ClN4O3. The first-order valence-corrected chi connectivity index (χ1v) is 8.91. The highest BCUT2D eigenvalue weighted by Crippen LogP contribution is 2.24. The highest BCUT2D eigenvalue weighted by atomic mass is 35.5. The summed E-state index contributed by atoms with van der Waals surface area (Å²) in [5.74, 6) is 1.90. The lowest BCUT2D eigenvalue weighted by Gasteiger charge is -2.34. The third-order valence-electron chi connectivity index (χ3n) is 4.36. The van der Waals surface area contributed by atoms with Crippen LogP contribution in [0.2, 0.25) is 5.02 Å². The second-order valence-electron chi connectivity index (χ2n) is 6.38. The fourth-order valence-corrected chi connectivity index (χ4v) is 3.22. The molecule has 0 radical (unpaired) electrons. The van der Waals surface area contributed by atoms with E-state index in [0.29, 0.717) is 23.1 Å². The van der Waals surface area contributed by atoms with Crippen LogP contribution in [0.1, 0.15) is 11.3 Å². The highest BCUT2D eigenvalue weighted by molar-refractivity contribution is 6.30. The average Bonchev–Trinajstić information content (AvgIpc) is 3.01. The number of rotatable bonds is 6. The number of nitrogens with zero attached hydrogens (tertiary/aromatic N) is 3. The maximum Gasteiger partial charge on any atom is 0.239 e. The Morgan fingerprint density at radius 3 is 2.65 bits per heavy atom. The zero-order chi connectivity index (χ0) is 18.5. The smallest absolute Gasteiger partial charge is 0.239 e. The van der Waals surface area contributed by atoms with Crippen molar-refractivity contribution in [2.75, 3.05) is 45.2 Å². The first-order chi connectivity index (χ1) is 12.5. The number of carbonyl (C=O) groups is 1. The molecule has 1 fully saturated rings. The first kappa shape index (κ1) is 18.7. The van der Waals surface area contributed by atoms with Gasteiger partial charge in [-0.05, 0) is 25.1 Å². The second kappa shape index (κ2) is 8.53. The summed E-state index contributed by atoms with van der Waals surface area (Å²) in [5.41, 5.74) is 1.08. The van der Waals surface area contributed by atoms with Crippen LogP contribution in [-0.4, -0.2) is 60.7 Å². The summed E-state index contributed by atoms with van der Waals surface area (Å²) in [4.78, 5) is 16.6. The first-order valence-electron chi connectivity index (χ1n) is 8.54. The van der Waals surface area contributed by atoms with Gasteiger partial charge in [0, 0.05) is 49.4 Å². The van der Waals surface area contributed by atoms with E-state index < -0.39 is 0 Å². The van der Waals surface area contributed by atoms with Crippen LogP contribution in [0.5, 0.6) is 5.75 Å². The van der Waals surface area contributed by atoms with Crippen molar-refractivity contribution in [3.05, 3.63) is 40.6 Å². The molecule has 0 saturated carbocycles. The molecule has 140 valence electrons. The molecule has 26 heavy (non-hydrogen) atoms. The molecule has 1 aromatic carbocycles. The fourth-order valence-electron chi connectivity index (χ4n) is 3.03. The van der Waals surface area contributed by atoms with Crippen molar-refractivity contribution in [1.29, 1.82) is 0 Å². The Kier molecular flexibility index (Phi) is 6.13. The number of methoxy groups -OCH3 is 1. The molecule has 2 heterocycles. The number of hydrogen-bond acceptors (Lipinski definition) is 6. The van der Waals surface area contributed by atoms with Crippen LogP contribution in [0.25, 0.3) is 0 Å². The maximum absolute atomic E-state index is 12.1. The Bertz CT molecular complexity index is 757. The normalized spacial score (nSPS) is 15.8. The van der Waals surface area contributed by atoms with Gasteiger partial charge in [0.25, 0.3) is 0 Å². The van der Waals surface area contributed by atoms with Gasteiger partial charge in [-0.2, -0.15) is 0 Å². The Morgan fingerprint density at radius 1 is 1.27 bits per heavy atom. The molecule has 0 atom stereocenters. The molecule has 1 aliphatic rings. The largest absolute Gasteiger partial charge is 0.496 e. The van der Waals surface area contributed by atoms with Gasteiger partial charge in [0.1, 0.15) is 11.5 Å². The van der Waals surface area contributed by atoms with Gasteiger partial charge in [-0.15, -0.1) is 0 Å². The third kappa shape index (κ3) is 4.97. The van der Waals surface area contributed by atoms with Crippen LogP contribution < -0.4 is 10.1 Å². The quantitative estimate of drug-likeness (QED) is 0.832. The number of halogens is 1. The van der Waals surface area contributed by atoms with E-state index >= 15 is 0 Å². The highest BCUT2D eigenvalue weighted by Gasteiger charge is 2.20. The second-order valence-corrected chi connectivity index (χ2v) is 6.82. The Hall–Kier alpha value is -2.09. The van der Waals surface area contributed by atoms with Crippen molar-refractivity contribution in [2.45, 2.75) is 13.5 Å².